The molecule has 0 spiro atoms. The quantitative estimate of drug-likeness (QED) is 0.362. The summed E-state index contributed by atoms with van der Waals surface area (Å²) in [7, 11) is 0. The van der Waals surface area contributed by atoms with E-state index in [0.29, 0.717) is 10.6 Å². The maximum absolute atomic E-state index is 11.9. The number of halogens is 1. The largest absolute Gasteiger partial charge is 0.289 e. The lowest BCUT2D eigenvalue weighted by atomic mass is 10.1. The smallest absolute Gasteiger partial charge is 0.186 e. The number of nitrogens with zero attached hydrogens (tertiary/aromatic N) is 1. The van der Waals surface area contributed by atoms with Gasteiger partial charge in [-0.05, 0) is 29.7 Å². The zero-order valence-electron chi connectivity index (χ0n) is 10.8. The third-order valence-electron chi connectivity index (χ3n) is 2.78. The fraction of sp³-hybridized carbons (Fsp3) is 0. The molecule has 104 valence electrons. The molecule has 0 bridgehead atoms. The second-order valence-electron chi connectivity index (χ2n) is 4.24. The molecule has 3 aromatic rings. The van der Waals surface area contributed by atoms with Crippen LogP contribution < -0.4 is 0 Å². The monoisotopic (exact) mass is 331 g/mol. The predicted molar refractivity (Wildman–Crippen MR) is 90.4 cm³/mol. The fourth-order valence-corrected chi connectivity index (χ4v) is 3.71. The normalized spacial score (nSPS) is 11.3. The molecule has 2 aromatic carbocycles. The maximum atomic E-state index is 11.9. The van der Waals surface area contributed by atoms with Gasteiger partial charge in [-0.1, -0.05) is 53.7 Å². The highest BCUT2D eigenvalue weighted by Gasteiger charge is 2.04. The third kappa shape index (κ3) is 3.53. The van der Waals surface area contributed by atoms with Gasteiger partial charge < -0.3 is 0 Å². The van der Waals surface area contributed by atoms with Crippen LogP contribution in [0.15, 0.2) is 64.4 Å². The molecule has 0 saturated heterocycles. The molecule has 5 heteroatoms. The van der Waals surface area contributed by atoms with Crippen LogP contribution in [0, 0.1) is 0 Å². The minimum Gasteiger partial charge on any atom is -0.289 e. The Balaban J connectivity index is 1.71. The molecule has 0 aliphatic carbocycles. The van der Waals surface area contributed by atoms with Gasteiger partial charge in [-0.15, -0.1) is 11.3 Å². The number of hydrogen-bond acceptors (Lipinski definition) is 4. The summed E-state index contributed by atoms with van der Waals surface area (Å²) in [6.07, 6.45) is 1.57. The van der Waals surface area contributed by atoms with Crippen molar-refractivity contribution < 1.29 is 4.79 Å². The van der Waals surface area contributed by atoms with E-state index in [1.165, 1.54) is 11.8 Å². The van der Waals surface area contributed by atoms with Crippen molar-refractivity contribution in [2.45, 2.75) is 4.34 Å². The number of fused-ring (bicyclic) bond motifs is 1. The van der Waals surface area contributed by atoms with Crippen LogP contribution in [0.3, 0.4) is 0 Å². The van der Waals surface area contributed by atoms with Crippen LogP contribution in [0.4, 0.5) is 0 Å². The number of benzene rings is 2. The van der Waals surface area contributed by atoms with Gasteiger partial charge in [0.1, 0.15) is 0 Å². The average Bonchev–Trinajstić information content (AvgIpc) is 2.89. The van der Waals surface area contributed by atoms with Gasteiger partial charge in [0, 0.05) is 10.6 Å². The molecule has 0 N–H and O–H groups in total. The summed E-state index contributed by atoms with van der Waals surface area (Å²) in [5, 5.41) is 2.45. The lowest BCUT2D eigenvalue weighted by Gasteiger charge is -1.93. The van der Waals surface area contributed by atoms with E-state index >= 15 is 0 Å². The summed E-state index contributed by atoms with van der Waals surface area (Å²) >= 11 is 8.96. The zero-order valence-corrected chi connectivity index (χ0v) is 13.2. The Bertz CT molecular complexity index is 812. The average molecular weight is 332 g/mol. The topological polar surface area (TPSA) is 30.0 Å². The molecule has 0 aliphatic heterocycles. The number of carbonyl (C=O) groups is 1. The number of aromatic nitrogens is 1. The van der Waals surface area contributed by atoms with Gasteiger partial charge in [0.25, 0.3) is 0 Å². The van der Waals surface area contributed by atoms with E-state index < -0.39 is 0 Å². The van der Waals surface area contributed by atoms with Crippen molar-refractivity contribution in [1.29, 1.82) is 0 Å². The number of allylic oxidation sites excluding steroid dienone is 1. The Labute approximate surface area is 135 Å². The summed E-state index contributed by atoms with van der Waals surface area (Å²) in [6, 6.07) is 14.9. The Hall–Kier alpha value is -1.62. The second-order valence-corrected chi connectivity index (χ2v) is 6.86. The summed E-state index contributed by atoms with van der Waals surface area (Å²) in [4.78, 5) is 16.4. The Morgan fingerprint density at radius 3 is 2.81 bits per heavy atom. The predicted octanol–water partition coefficient (Wildman–Crippen LogP) is 5.44. The van der Waals surface area contributed by atoms with E-state index in [9.17, 15) is 4.79 Å². The molecule has 0 atom stereocenters. The summed E-state index contributed by atoms with van der Waals surface area (Å²) < 4.78 is 1.98. The maximum Gasteiger partial charge on any atom is 0.186 e. The number of carbonyl (C=O) groups excluding carboxylic acids is 1. The van der Waals surface area contributed by atoms with Gasteiger partial charge in [-0.3, -0.25) is 4.79 Å². The van der Waals surface area contributed by atoms with Crippen molar-refractivity contribution in [3.63, 3.8) is 0 Å². The van der Waals surface area contributed by atoms with Crippen LogP contribution in [-0.2, 0) is 0 Å². The molecule has 0 unspecified atom stereocenters. The molecule has 0 fully saturated rings. The first kappa shape index (κ1) is 14.3. The summed E-state index contributed by atoms with van der Waals surface area (Å²) in [6.45, 7) is 0. The molecule has 0 saturated carbocycles. The molecule has 1 heterocycles. The second kappa shape index (κ2) is 6.43. The van der Waals surface area contributed by atoms with Crippen molar-refractivity contribution in [1.82, 2.24) is 4.98 Å². The fourth-order valence-electron chi connectivity index (χ4n) is 1.78. The van der Waals surface area contributed by atoms with E-state index in [4.69, 9.17) is 11.6 Å². The minimum atomic E-state index is -0.00717. The SMILES string of the molecule is O=C(C=CSc1nc2cc(Cl)ccc2s1)c1ccccc1. The number of thioether (sulfide) groups is 1. The summed E-state index contributed by atoms with van der Waals surface area (Å²) in [5.74, 6) is -0.00717. The van der Waals surface area contributed by atoms with Crippen LogP contribution in [0.5, 0.6) is 0 Å². The van der Waals surface area contributed by atoms with Gasteiger partial charge >= 0.3 is 0 Å². The third-order valence-corrected chi connectivity index (χ3v) is 4.95. The number of hydrogen-bond donors (Lipinski definition) is 0. The van der Waals surface area contributed by atoms with Crippen molar-refractivity contribution in [3.05, 3.63) is 70.6 Å². The standard InChI is InChI=1S/C16H10ClNOS2/c17-12-6-7-15-13(10-12)18-16(21-15)20-9-8-14(19)11-4-2-1-3-5-11/h1-10H. The van der Waals surface area contributed by atoms with Crippen molar-refractivity contribution in [2.75, 3.05) is 0 Å². The zero-order chi connectivity index (χ0) is 14.7. The van der Waals surface area contributed by atoms with E-state index in [2.05, 4.69) is 4.98 Å². The highest BCUT2D eigenvalue weighted by Crippen LogP contribution is 2.31. The molecule has 3 rings (SSSR count). The van der Waals surface area contributed by atoms with Crippen LogP contribution in [0.1, 0.15) is 10.4 Å². The van der Waals surface area contributed by atoms with Crippen LogP contribution in [0.25, 0.3) is 10.2 Å². The lowest BCUT2D eigenvalue weighted by molar-refractivity contribution is 0.104. The van der Waals surface area contributed by atoms with E-state index in [-0.39, 0.29) is 5.78 Å². The van der Waals surface area contributed by atoms with Gasteiger partial charge in [-0.25, -0.2) is 4.98 Å². The van der Waals surface area contributed by atoms with E-state index in [1.807, 2.05) is 36.4 Å². The van der Waals surface area contributed by atoms with Gasteiger partial charge in [0.05, 0.1) is 10.2 Å². The molecule has 1 aromatic heterocycles. The Morgan fingerprint density at radius 1 is 1.19 bits per heavy atom. The number of thiazole rings is 1. The van der Waals surface area contributed by atoms with Crippen molar-refractivity contribution in [3.8, 4) is 0 Å². The first-order valence-electron chi connectivity index (χ1n) is 6.21. The van der Waals surface area contributed by atoms with Crippen molar-refractivity contribution in [2.24, 2.45) is 0 Å². The van der Waals surface area contributed by atoms with Crippen LogP contribution in [0.2, 0.25) is 5.02 Å². The van der Waals surface area contributed by atoms with E-state index in [0.717, 1.165) is 14.6 Å². The Morgan fingerprint density at radius 2 is 2.00 bits per heavy atom. The highest BCUT2D eigenvalue weighted by molar-refractivity contribution is 8.03. The van der Waals surface area contributed by atoms with Crippen LogP contribution in [-0.4, -0.2) is 10.8 Å². The van der Waals surface area contributed by atoms with Gasteiger partial charge in [0.2, 0.25) is 0 Å². The lowest BCUT2D eigenvalue weighted by Crippen LogP contribution is -1.92. The first-order chi connectivity index (χ1) is 10.2. The number of ketones is 1. The first-order valence-corrected chi connectivity index (χ1v) is 8.28. The minimum absolute atomic E-state index is 0.00717. The molecular formula is C16H10ClNOS2. The molecular weight excluding hydrogens is 322 g/mol. The number of rotatable bonds is 4. The molecule has 0 aliphatic rings. The van der Waals surface area contributed by atoms with E-state index in [1.54, 1.807) is 35.0 Å². The molecule has 0 radical (unpaired) electrons. The van der Waals surface area contributed by atoms with Crippen LogP contribution >= 0.6 is 34.7 Å². The summed E-state index contributed by atoms with van der Waals surface area (Å²) in [5.41, 5.74) is 1.57. The highest BCUT2D eigenvalue weighted by atomic mass is 35.5. The Kier molecular flexibility index (Phi) is 4.39. The van der Waals surface area contributed by atoms with Gasteiger partial charge in [-0.2, -0.15) is 0 Å². The van der Waals surface area contributed by atoms with Gasteiger partial charge in [0.15, 0.2) is 10.1 Å². The van der Waals surface area contributed by atoms with Crippen molar-refractivity contribution >= 4 is 50.7 Å². The molecule has 0 amide bonds. The molecule has 21 heavy (non-hydrogen) atoms. The molecule has 2 nitrogen and oxygen atoms in total.